The first-order valence-electron chi connectivity index (χ1n) is 12.3. The summed E-state index contributed by atoms with van der Waals surface area (Å²) in [4.78, 5) is 47.1. The summed E-state index contributed by atoms with van der Waals surface area (Å²) in [6.45, 7) is 5.43. The molecule has 9 nitrogen and oxygen atoms in total. The molecule has 0 spiro atoms. The number of carbonyl (C=O) groups is 2. The van der Waals surface area contributed by atoms with Crippen LogP contribution in [0.15, 0.2) is 47.3 Å². The van der Waals surface area contributed by atoms with E-state index in [1.807, 2.05) is 13.8 Å². The van der Waals surface area contributed by atoms with Gasteiger partial charge in [-0.15, -0.1) is 0 Å². The fourth-order valence-corrected chi connectivity index (χ4v) is 4.94. The van der Waals surface area contributed by atoms with Gasteiger partial charge in [-0.1, -0.05) is 23.7 Å². The normalized spacial score (nSPS) is 17.7. The van der Waals surface area contributed by atoms with Crippen molar-refractivity contribution in [1.29, 1.82) is 0 Å². The minimum atomic E-state index is -0.689. The second-order valence-corrected chi connectivity index (χ2v) is 10.4. The predicted molar refractivity (Wildman–Crippen MR) is 146 cm³/mol. The van der Waals surface area contributed by atoms with Gasteiger partial charge in [0.05, 0.1) is 11.1 Å². The highest BCUT2D eigenvalue weighted by molar-refractivity contribution is 7.71. The molecular weight excluding hydrogens is 547 g/mol. The van der Waals surface area contributed by atoms with Crippen LogP contribution in [0, 0.1) is 10.6 Å². The van der Waals surface area contributed by atoms with Crippen LogP contribution in [0.3, 0.4) is 0 Å². The molecule has 2 atom stereocenters. The molecule has 1 aliphatic rings. The Morgan fingerprint density at radius 2 is 1.85 bits per heavy atom. The SMILES string of the molecule is CC1CN(Cc2ccc(F)cc2)[C@@H](C)CN1C(=O)COc1ccc(Cl)cc1C(=O)Cc1c(O)[nH]c(=S)[nH]c1=O. The summed E-state index contributed by atoms with van der Waals surface area (Å²) >= 11 is 10.9. The summed E-state index contributed by atoms with van der Waals surface area (Å²) in [6, 6.07) is 10.8. The third-order valence-corrected chi connectivity index (χ3v) is 7.12. The third kappa shape index (κ3) is 6.92. The number of amides is 1. The molecule has 1 amide bonds. The minimum Gasteiger partial charge on any atom is -0.494 e. The van der Waals surface area contributed by atoms with Crippen LogP contribution in [0.1, 0.15) is 35.3 Å². The Balaban J connectivity index is 1.42. The summed E-state index contributed by atoms with van der Waals surface area (Å²) < 4.78 is 18.9. The highest BCUT2D eigenvalue weighted by Gasteiger charge is 2.32. The van der Waals surface area contributed by atoms with Crippen molar-refractivity contribution in [3.05, 3.63) is 85.1 Å². The topological polar surface area (TPSA) is 119 Å². The third-order valence-electron chi connectivity index (χ3n) is 6.68. The quantitative estimate of drug-likeness (QED) is 0.276. The molecule has 1 fully saturated rings. The maximum absolute atomic E-state index is 13.2. The van der Waals surface area contributed by atoms with Crippen LogP contribution < -0.4 is 10.3 Å². The van der Waals surface area contributed by atoms with Crippen LogP contribution in [-0.4, -0.2) is 68.3 Å². The van der Waals surface area contributed by atoms with Crippen LogP contribution >= 0.6 is 23.8 Å². The first-order valence-corrected chi connectivity index (χ1v) is 13.1. The first kappa shape index (κ1) is 28.5. The lowest BCUT2D eigenvalue weighted by Gasteiger charge is -2.44. The number of ketones is 1. The highest BCUT2D eigenvalue weighted by atomic mass is 35.5. The van der Waals surface area contributed by atoms with E-state index in [0.717, 1.165) is 5.56 Å². The second-order valence-electron chi connectivity index (χ2n) is 9.56. The second kappa shape index (κ2) is 12.1. The first-order chi connectivity index (χ1) is 18.5. The van der Waals surface area contributed by atoms with E-state index in [4.69, 9.17) is 28.6 Å². The summed E-state index contributed by atoms with van der Waals surface area (Å²) in [6.07, 6.45) is -0.442. The molecule has 3 aromatic rings. The summed E-state index contributed by atoms with van der Waals surface area (Å²) in [5, 5.41) is 10.3. The molecule has 4 rings (SSSR count). The number of benzene rings is 2. The monoisotopic (exact) mass is 574 g/mol. The molecule has 1 aliphatic heterocycles. The van der Waals surface area contributed by atoms with Gasteiger partial charge in [0.25, 0.3) is 11.5 Å². The Hall–Kier alpha value is -3.54. The van der Waals surface area contributed by atoms with Gasteiger partial charge in [-0.2, -0.15) is 0 Å². The van der Waals surface area contributed by atoms with E-state index in [1.165, 1.54) is 30.3 Å². The number of aromatic hydroxyl groups is 1. The van der Waals surface area contributed by atoms with Gasteiger partial charge < -0.3 is 19.7 Å². The number of halogens is 2. The van der Waals surface area contributed by atoms with Gasteiger partial charge in [0.2, 0.25) is 0 Å². The van der Waals surface area contributed by atoms with Crippen molar-refractivity contribution in [2.45, 2.75) is 38.9 Å². The van der Waals surface area contributed by atoms with Crippen molar-refractivity contribution in [2.24, 2.45) is 0 Å². The molecule has 1 saturated heterocycles. The average molecular weight is 575 g/mol. The number of hydrogen-bond acceptors (Lipinski definition) is 7. The molecule has 2 aromatic carbocycles. The molecule has 39 heavy (non-hydrogen) atoms. The zero-order valence-corrected chi connectivity index (χ0v) is 22.9. The lowest BCUT2D eigenvalue weighted by atomic mass is 10.0. The molecule has 1 aromatic heterocycles. The van der Waals surface area contributed by atoms with Gasteiger partial charge in [-0.3, -0.25) is 24.3 Å². The molecule has 0 radical (unpaired) electrons. The number of Topliss-reactive ketones (excluding diaryl/α,β-unsaturated/α-hetero) is 1. The number of nitrogens with zero attached hydrogens (tertiary/aromatic N) is 2. The van der Waals surface area contributed by atoms with Gasteiger partial charge >= 0.3 is 0 Å². The molecule has 1 unspecified atom stereocenters. The molecule has 12 heteroatoms. The maximum Gasteiger partial charge on any atom is 0.260 e. The molecular formula is C27H28ClFN4O5S. The van der Waals surface area contributed by atoms with E-state index in [0.29, 0.717) is 19.6 Å². The summed E-state index contributed by atoms with van der Waals surface area (Å²) in [5.41, 5.74) is 0.191. The fraction of sp³-hybridized carbons (Fsp3) is 0.333. The predicted octanol–water partition coefficient (Wildman–Crippen LogP) is 3.86. The van der Waals surface area contributed by atoms with E-state index >= 15 is 0 Å². The largest absolute Gasteiger partial charge is 0.494 e. The average Bonchev–Trinajstić information content (AvgIpc) is 2.88. The summed E-state index contributed by atoms with van der Waals surface area (Å²) in [7, 11) is 0. The molecule has 0 saturated carbocycles. The number of aromatic nitrogens is 2. The Morgan fingerprint density at radius 3 is 2.54 bits per heavy atom. The van der Waals surface area contributed by atoms with Crippen molar-refractivity contribution >= 4 is 35.5 Å². The highest BCUT2D eigenvalue weighted by Crippen LogP contribution is 2.26. The Bertz CT molecular complexity index is 1490. The van der Waals surface area contributed by atoms with Gasteiger partial charge in [0.1, 0.15) is 11.6 Å². The van der Waals surface area contributed by atoms with Crippen LogP contribution in [0.4, 0.5) is 4.39 Å². The lowest BCUT2D eigenvalue weighted by molar-refractivity contribution is -0.139. The maximum atomic E-state index is 13.2. The van der Waals surface area contributed by atoms with E-state index in [1.54, 1.807) is 17.0 Å². The van der Waals surface area contributed by atoms with Crippen molar-refractivity contribution in [3.63, 3.8) is 0 Å². The van der Waals surface area contributed by atoms with E-state index in [2.05, 4.69) is 14.9 Å². The Kier molecular flexibility index (Phi) is 8.83. The number of carbonyl (C=O) groups excluding carboxylic acids is 2. The van der Waals surface area contributed by atoms with Crippen molar-refractivity contribution < 1.29 is 23.8 Å². The number of H-pyrrole nitrogens is 2. The standard InChI is InChI=1S/C27H28ClFN4O5S/c1-15-12-33(16(2)11-32(15)13-17-3-6-19(29)7-4-17)24(35)14-38-23-8-5-18(28)9-20(23)22(34)10-21-25(36)30-27(39)31-26(21)37/h3-9,15-16H,10-14H2,1-2H3,(H3,30,31,36,37,39)/t15-,16?/m0/s1. The molecule has 2 heterocycles. The van der Waals surface area contributed by atoms with Crippen LogP contribution in [0.25, 0.3) is 0 Å². The zero-order chi connectivity index (χ0) is 28.3. The zero-order valence-electron chi connectivity index (χ0n) is 21.4. The molecule has 206 valence electrons. The van der Waals surface area contributed by atoms with Crippen molar-refractivity contribution in [2.75, 3.05) is 19.7 Å². The van der Waals surface area contributed by atoms with Crippen molar-refractivity contribution in [1.82, 2.24) is 19.8 Å². The summed E-state index contributed by atoms with van der Waals surface area (Å²) in [5.74, 6) is -1.43. The van der Waals surface area contributed by atoms with Crippen LogP contribution in [-0.2, 0) is 17.8 Å². The molecule has 3 N–H and O–H groups in total. The van der Waals surface area contributed by atoms with Gasteiger partial charge in [-0.25, -0.2) is 4.39 Å². The lowest BCUT2D eigenvalue weighted by Crippen LogP contribution is -2.58. The van der Waals surface area contributed by atoms with Gasteiger partial charge in [0, 0.05) is 43.2 Å². The van der Waals surface area contributed by atoms with Crippen LogP contribution in [0.2, 0.25) is 5.02 Å². The van der Waals surface area contributed by atoms with Gasteiger partial charge in [0.15, 0.2) is 23.0 Å². The Morgan fingerprint density at radius 1 is 1.13 bits per heavy atom. The van der Waals surface area contributed by atoms with E-state index in [-0.39, 0.29) is 57.1 Å². The number of hydrogen-bond donors (Lipinski definition) is 3. The number of piperazine rings is 1. The number of ether oxygens (including phenoxy) is 1. The van der Waals surface area contributed by atoms with Gasteiger partial charge in [-0.05, 0) is 62.0 Å². The number of rotatable bonds is 8. The van der Waals surface area contributed by atoms with Crippen LogP contribution in [0.5, 0.6) is 11.6 Å². The fourth-order valence-electron chi connectivity index (χ4n) is 4.58. The van der Waals surface area contributed by atoms with E-state index < -0.39 is 23.6 Å². The molecule has 0 aliphatic carbocycles. The Labute approximate surface area is 234 Å². The molecule has 0 bridgehead atoms. The smallest absolute Gasteiger partial charge is 0.260 e. The van der Waals surface area contributed by atoms with E-state index in [9.17, 15) is 23.9 Å². The number of aromatic amines is 2. The number of nitrogens with one attached hydrogen (secondary N) is 2. The minimum absolute atomic E-state index is 0.0620. The van der Waals surface area contributed by atoms with Crippen molar-refractivity contribution in [3.8, 4) is 11.6 Å².